The lowest BCUT2D eigenvalue weighted by Crippen LogP contribution is -1.93. The second kappa shape index (κ2) is 9.68. The van der Waals surface area contributed by atoms with Crippen molar-refractivity contribution in [2.75, 3.05) is 0 Å². The molecule has 29 heavy (non-hydrogen) atoms. The van der Waals surface area contributed by atoms with Gasteiger partial charge in [0, 0.05) is 0 Å². The van der Waals surface area contributed by atoms with E-state index >= 15 is 0 Å². The van der Waals surface area contributed by atoms with Gasteiger partial charge in [0.05, 0.1) is 0 Å². The standard InChI is InChI=1S/C28H27P/c29-21-28-26(24-13-5-2-6-14-24)15-8-16-27(28)25-19-17-23(18-20-25)12-7-11-22-9-3-1-4-10-22/h1-6,8-10,13-20H,7,11-12,21,29H2. The van der Waals surface area contributed by atoms with E-state index in [1.165, 1.54) is 45.4 Å². The first kappa shape index (κ1) is 19.6. The molecule has 1 heteroatoms. The molecule has 1 atom stereocenters. The summed E-state index contributed by atoms with van der Waals surface area (Å²) in [6.45, 7) is 0. The van der Waals surface area contributed by atoms with Crippen molar-refractivity contribution in [3.63, 3.8) is 0 Å². The second-order valence-corrected chi connectivity index (χ2v) is 7.85. The summed E-state index contributed by atoms with van der Waals surface area (Å²) in [5.41, 5.74) is 9.46. The van der Waals surface area contributed by atoms with Gasteiger partial charge >= 0.3 is 0 Å². The summed E-state index contributed by atoms with van der Waals surface area (Å²) in [7, 11) is 2.91. The maximum atomic E-state index is 2.91. The van der Waals surface area contributed by atoms with Gasteiger partial charge in [0.25, 0.3) is 0 Å². The van der Waals surface area contributed by atoms with Crippen LogP contribution in [0.5, 0.6) is 0 Å². The molecule has 0 spiro atoms. The van der Waals surface area contributed by atoms with Crippen LogP contribution in [0, 0.1) is 0 Å². The molecule has 0 aromatic heterocycles. The zero-order valence-electron chi connectivity index (χ0n) is 16.7. The lowest BCUT2D eigenvalue weighted by atomic mass is 9.92. The highest BCUT2D eigenvalue weighted by Gasteiger charge is 2.10. The van der Waals surface area contributed by atoms with E-state index in [9.17, 15) is 0 Å². The molecule has 0 nitrogen and oxygen atoms in total. The fourth-order valence-corrected chi connectivity index (χ4v) is 4.40. The Kier molecular flexibility index (Phi) is 6.55. The molecule has 0 heterocycles. The highest BCUT2D eigenvalue weighted by Crippen LogP contribution is 2.34. The van der Waals surface area contributed by atoms with Crippen LogP contribution in [0.15, 0.2) is 103 Å². The summed E-state index contributed by atoms with van der Waals surface area (Å²) in [5.74, 6) is 0. The molecular weight excluding hydrogens is 367 g/mol. The van der Waals surface area contributed by atoms with Crippen molar-refractivity contribution in [2.45, 2.75) is 25.4 Å². The Morgan fingerprint density at radius 3 is 1.59 bits per heavy atom. The zero-order chi connectivity index (χ0) is 19.9. The van der Waals surface area contributed by atoms with E-state index in [1.807, 2.05) is 0 Å². The summed E-state index contributed by atoms with van der Waals surface area (Å²) < 4.78 is 0. The summed E-state index contributed by atoms with van der Waals surface area (Å²) in [6.07, 6.45) is 4.39. The monoisotopic (exact) mass is 394 g/mol. The van der Waals surface area contributed by atoms with E-state index in [-0.39, 0.29) is 0 Å². The number of hydrogen-bond donors (Lipinski definition) is 0. The van der Waals surface area contributed by atoms with E-state index in [1.54, 1.807) is 0 Å². The summed E-state index contributed by atoms with van der Waals surface area (Å²) in [5, 5.41) is 0. The van der Waals surface area contributed by atoms with Crippen LogP contribution in [0.1, 0.15) is 23.1 Å². The molecule has 0 fully saturated rings. The Morgan fingerprint density at radius 1 is 0.483 bits per heavy atom. The van der Waals surface area contributed by atoms with Crippen molar-refractivity contribution in [1.29, 1.82) is 0 Å². The fourth-order valence-electron chi connectivity index (χ4n) is 3.96. The van der Waals surface area contributed by atoms with Crippen molar-refractivity contribution in [1.82, 2.24) is 0 Å². The van der Waals surface area contributed by atoms with Crippen LogP contribution in [-0.4, -0.2) is 0 Å². The smallest absolute Gasteiger partial charge is 0.0116 e. The molecule has 1 unspecified atom stereocenters. The molecule has 0 N–H and O–H groups in total. The maximum absolute atomic E-state index is 2.91. The SMILES string of the molecule is PCc1c(-c2ccccc2)cccc1-c1ccc(CCCc2ccccc2)cc1. The Hall–Kier alpha value is -2.69. The molecule has 0 bridgehead atoms. The molecule has 4 aromatic rings. The van der Waals surface area contributed by atoms with Crippen LogP contribution in [0.3, 0.4) is 0 Å². The van der Waals surface area contributed by atoms with Crippen LogP contribution in [-0.2, 0) is 19.0 Å². The van der Waals surface area contributed by atoms with Gasteiger partial charge in [-0.3, -0.25) is 0 Å². The van der Waals surface area contributed by atoms with Gasteiger partial charge < -0.3 is 0 Å². The van der Waals surface area contributed by atoms with Gasteiger partial charge in [-0.15, -0.1) is 9.24 Å². The van der Waals surface area contributed by atoms with E-state index in [0.29, 0.717) is 0 Å². The van der Waals surface area contributed by atoms with Gasteiger partial charge in [0.1, 0.15) is 0 Å². The van der Waals surface area contributed by atoms with E-state index < -0.39 is 0 Å². The molecular formula is C28H27P. The Morgan fingerprint density at radius 2 is 1.00 bits per heavy atom. The molecule has 0 radical (unpaired) electrons. The topological polar surface area (TPSA) is 0 Å². The largest absolute Gasteiger partial charge is 0.133 e. The Balaban J connectivity index is 1.51. The van der Waals surface area contributed by atoms with E-state index in [0.717, 1.165) is 19.0 Å². The minimum absolute atomic E-state index is 0.944. The summed E-state index contributed by atoms with van der Waals surface area (Å²) in [6, 6.07) is 37.2. The number of benzene rings is 4. The first-order valence-corrected chi connectivity index (χ1v) is 11.2. The van der Waals surface area contributed by atoms with Gasteiger partial charge in [-0.05, 0) is 64.4 Å². The molecule has 4 aromatic carbocycles. The van der Waals surface area contributed by atoms with Gasteiger partial charge in [0.2, 0.25) is 0 Å². The molecule has 0 aliphatic rings. The van der Waals surface area contributed by atoms with Crippen LogP contribution in [0.4, 0.5) is 0 Å². The number of rotatable bonds is 7. The minimum Gasteiger partial charge on any atom is -0.133 e. The third-order valence-corrected chi connectivity index (χ3v) is 5.91. The van der Waals surface area contributed by atoms with Gasteiger partial charge in [0.15, 0.2) is 0 Å². The highest BCUT2D eigenvalue weighted by atomic mass is 31.0. The number of aryl methyl sites for hydroxylation is 2. The zero-order valence-corrected chi connectivity index (χ0v) is 17.9. The molecule has 0 saturated heterocycles. The van der Waals surface area contributed by atoms with Crippen molar-refractivity contribution in [3.8, 4) is 22.3 Å². The first-order chi connectivity index (χ1) is 14.3. The van der Waals surface area contributed by atoms with Gasteiger partial charge in [-0.1, -0.05) is 103 Å². The van der Waals surface area contributed by atoms with E-state index in [4.69, 9.17) is 0 Å². The Labute approximate surface area is 176 Å². The molecule has 4 rings (SSSR count). The van der Waals surface area contributed by atoms with Crippen LogP contribution in [0.25, 0.3) is 22.3 Å². The highest BCUT2D eigenvalue weighted by molar-refractivity contribution is 7.15. The van der Waals surface area contributed by atoms with Crippen LogP contribution in [0.2, 0.25) is 0 Å². The van der Waals surface area contributed by atoms with Crippen molar-refractivity contribution in [3.05, 3.63) is 120 Å². The van der Waals surface area contributed by atoms with Crippen LogP contribution < -0.4 is 0 Å². The van der Waals surface area contributed by atoms with Crippen molar-refractivity contribution < 1.29 is 0 Å². The summed E-state index contributed by atoms with van der Waals surface area (Å²) >= 11 is 0. The predicted octanol–water partition coefficient (Wildman–Crippen LogP) is 7.57. The third kappa shape index (κ3) is 4.84. The minimum atomic E-state index is 0.944. The van der Waals surface area contributed by atoms with E-state index in [2.05, 4.69) is 112 Å². The third-order valence-electron chi connectivity index (χ3n) is 5.50. The van der Waals surface area contributed by atoms with Gasteiger partial charge in [-0.25, -0.2) is 0 Å². The molecule has 0 saturated carbocycles. The lowest BCUT2D eigenvalue weighted by molar-refractivity contribution is 0.821. The molecule has 0 amide bonds. The quantitative estimate of drug-likeness (QED) is 0.284. The normalized spacial score (nSPS) is 10.8. The van der Waals surface area contributed by atoms with Crippen LogP contribution >= 0.6 is 9.24 Å². The Bertz CT molecular complexity index is 1030. The predicted molar refractivity (Wildman–Crippen MR) is 129 cm³/mol. The second-order valence-electron chi connectivity index (χ2n) is 7.44. The molecule has 144 valence electrons. The number of hydrogen-bond acceptors (Lipinski definition) is 0. The first-order valence-electron chi connectivity index (χ1n) is 10.4. The molecule has 0 aliphatic carbocycles. The fraction of sp³-hybridized carbons (Fsp3) is 0.143. The average Bonchev–Trinajstić information content (AvgIpc) is 2.80. The maximum Gasteiger partial charge on any atom is -0.0116 e. The average molecular weight is 394 g/mol. The lowest BCUT2D eigenvalue weighted by Gasteiger charge is -2.14. The van der Waals surface area contributed by atoms with Crippen molar-refractivity contribution in [2.24, 2.45) is 0 Å². The van der Waals surface area contributed by atoms with Crippen molar-refractivity contribution >= 4 is 9.24 Å². The van der Waals surface area contributed by atoms with Gasteiger partial charge in [-0.2, -0.15) is 0 Å². The molecule has 0 aliphatic heterocycles. The summed E-state index contributed by atoms with van der Waals surface area (Å²) in [4.78, 5) is 0.